The highest BCUT2D eigenvalue weighted by molar-refractivity contribution is 7.90. The molecule has 0 spiro atoms. The molecule has 4 nitrogen and oxygen atoms in total. The monoisotopic (exact) mass is 244 g/mol. The summed E-state index contributed by atoms with van der Waals surface area (Å²) in [6.45, 7) is 1.18. The standard InChI is InChI=1S/C7H11F3N2O2S/c8-7(9,10)15(13,14)12-3-5-1-11-2-6(5)4-12/h5-6,11H,1-4H2. The van der Waals surface area contributed by atoms with E-state index in [9.17, 15) is 21.6 Å². The molecule has 0 bridgehead atoms. The summed E-state index contributed by atoms with van der Waals surface area (Å²) in [7, 11) is -5.11. The van der Waals surface area contributed by atoms with Crippen molar-refractivity contribution < 1.29 is 21.6 Å². The van der Waals surface area contributed by atoms with Crippen LogP contribution in [-0.2, 0) is 10.0 Å². The first kappa shape index (κ1) is 11.2. The molecule has 0 saturated carbocycles. The molecule has 8 heteroatoms. The molecule has 0 aromatic heterocycles. The lowest BCUT2D eigenvalue weighted by atomic mass is 10.0. The van der Waals surface area contributed by atoms with Gasteiger partial charge in [-0.05, 0) is 24.9 Å². The van der Waals surface area contributed by atoms with Gasteiger partial charge in [0, 0.05) is 13.1 Å². The first-order chi connectivity index (χ1) is 6.82. The number of rotatable bonds is 1. The van der Waals surface area contributed by atoms with Crippen LogP contribution in [0.3, 0.4) is 0 Å². The van der Waals surface area contributed by atoms with Gasteiger partial charge in [0.15, 0.2) is 0 Å². The lowest BCUT2D eigenvalue weighted by Crippen LogP contribution is -2.40. The third-order valence-corrected chi connectivity index (χ3v) is 4.55. The van der Waals surface area contributed by atoms with E-state index >= 15 is 0 Å². The number of fused-ring (bicyclic) bond motifs is 1. The molecule has 88 valence electrons. The van der Waals surface area contributed by atoms with Crippen molar-refractivity contribution >= 4 is 10.0 Å². The summed E-state index contributed by atoms with van der Waals surface area (Å²) in [5.41, 5.74) is -5.17. The number of halogens is 3. The maximum Gasteiger partial charge on any atom is 0.511 e. The average molecular weight is 244 g/mol. The molecule has 0 aromatic carbocycles. The van der Waals surface area contributed by atoms with Crippen LogP contribution in [0.4, 0.5) is 13.2 Å². The molecule has 0 amide bonds. The highest BCUT2D eigenvalue weighted by Crippen LogP contribution is 2.34. The van der Waals surface area contributed by atoms with E-state index in [1.165, 1.54) is 0 Å². The number of hydrogen-bond acceptors (Lipinski definition) is 3. The fraction of sp³-hybridized carbons (Fsp3) is 1.00. The van der Waals surface area contributed by atoms with E-state index in [0.29, 0.717) is 17.4 Å². The van der Waals surface area contributed by atoms with Crippen molar-refractivity contribution in [3.8, 4) is 0 Å². The second-order valence-corrected chi connectivity index (χ2v) is 5.88. The molecule has 0 aromatic rings. The van der Waals surface area contributed by atoms with Crippen molar-refractivity contribution in [3.05, 3.63) is 0 Å². The topological polar surface area (TPSA) is 49.4 Å². The van der Waals surface area contributed by atoms with Gasteiger partial charge in [0.2, 0.25) is 0 Å². The smallest absolute Gasteiger partial charge is 0.316 e. The van der Waals surface area contributed by atoms with Crippen molar-refractivity contribution in [2.24, 2.45) is 11.8 Å². The SMILES string of the molecule is O=S(=O)(N1CC2CNCC2C1)C(F)(F)F. The average Bonchev–Trinajstić information content (AvgIpc) is 2.57. The summed E-state index contributed by atoms with van der Waals surface area (Å²) in [6, 6.07) is 0. The Hall–Kier alpha value is -0.340. The Morgan fingerprint density at radius 2 is 1.60 bits per heavy atom. The van der Waals surface area contributed by atoms with Crippen LogP contribution in [0, 0.1) is 11.8 Å². The van der Waals surface area contributed by atoms with Gasteiger partial charge < -0.3 is 5.32 Å². The Morgan fingerprint density at radius 3 is 2.00 bits per heavy atom. The quantitative estimate of drug-likeness (QED) is 0.705. The summed E-state index contributed by atoms with van der Waals surface area (Å²) in [4.78, 5) is 0. The molecule has 2 rings (SSSR count). The zero-order chi connectivity index (χ0) is 11.3. The van der Waals surface area contributed by atoms with Gasteiger partial charge in [-0.25, -0.2) is 8.42 Å². The number of nitrogens with zero attached hydrogens (tertiary/aromatic N) is 1. The molecule has 1 N–H and O–H groups in total. The van der Waals surface area contributed by atoms with E-state index < -0.39 is 15.5 Å². The molecule has 2 heterocycles. The molecular formula is C7H11F3N2O2S. The van der Waals surface area contributed by atoms with Crippen LogP contribution in [0.25, 0.3) is 0 Å². The summed E-state index contributed by atoms with van der Waals surface area (Å²) < 4.78 is 59.3. The molecule has 2 aliphatic rings. The van der Waals surface area contributed by atoms with Gasteiger partial charge in [0.1, 0.15) is 0 Å². The Balaban J connectivity index is 2.15. The normalized spacial score (nSPS) is 33.3. The van der Waals surface area contributed by atoms with Crippen molar-refractivity contribution in [2.45, 2.75) is 5.51 Å². The molecule has 2 fully saturated rings. The van der Waals surface area contributed by atoms with Crippen LogP contribution in [0.1, 0.15) is 0 Å². The van der Waals surface area contributed by atoms with E-state index in [2.05, 4.69) is 5.32 Å². The van der Waals surface area contributed by atoms with Crippen LogP contribution >= 0.6 is 0 Å². The minimum absolute atomic E-state index is 0.0144. The molecule has 15 heavy (non-hydrogen) atoms. The Labute approximate surface area is 85.5 Å². The highest BCUT2D eigenvalue weighted by Gasteiger charge is 2.53. The molecular weight excluding hydrogens is 233 g/mol. The van der Waals surface area contributed by atoms with Gasteiger partial charge in [0.25, 0.3) is 0 Å². The first-order valence-electron chi connectivity index (χ1n) is 4.59. The van der Waals surface area contributed by atoms with E-state index in [4.69, 9.17) is 0 Å². The lowest BCUT2D eigenvalue weighted by Gasteiger charge is -2.18. The second-order valence-electron chi connectivity index (χ2n) is 3.95. The van der Waals surface area contributed by atoms with E-state index in [1.807, 2.05) is 0 Å². The van der Waals surface area contributed by atoms with E-state index in [-0.39, 0.29) is 24.9 Å². The lowest BCUT2D eigenvalue weighted by molar-refractivity contribution is -0.0484. The van der Waals surface area contributed by atoms with E-state index in [0.717, 1.165) is 0 Å². The van der Waals surface area contributed by atoms with Crippen molar-refractivity contribution in [2.75, 3.05) is 26.2 Å². The Morgan fingerprint density at radius 1 is 1.13 bits per heavy atom. The van der Waals surface area contributed by atoms with Gasteiger partial charge >= 0.3 is 15.5 Å². The zero-order valence-electron chi connectivity index (χ0n) is 7.79. The summed E-state index contributed by atoms with van der Waals surface area (Å²) in [6.07, 6.45) is 0. The minimum Gasteiger partial charge on any atom is -0.316 e. The number of sulfonamides is 1. The van der Waals surface area contributed by atoms with Gasteiger partial charge in [-0.2, -0.15) is 17.5 Å². The summed E-state index contributed by atoms with van der Waals surface area (Å²) in [5, 5.41) is 3.03. The third kappa shape index (κ3) is 1.74. The molecule has 2 unspecified atom stereocenters. The predicted octanol–water partition coefficient (Wildman–Crippen LogP) is -0.0128. The van der Waals surface area contributed by atoms with Gasteiger partial charge in [-0.3, -0.25) is 0 Å². The second kappa shape index (κ2) is 3.33. The van der Waals surface area contributed by atoms with Gasteiger partial charge in [0.05, 0.1) is 0 Å². The van der Waals surface area contributed by atoms with Crippen molar-refractivity contribution in [3.63, 3.8) is 0 Å². The zero-order valence-corrected chi connectivity index (χ0v) is 8.61. The Bertz CT molecular complexity index is 342. The fourth-order valence-corrected chi connectivity index (χ4v) is 3.22. The minimum atomic E-state index is -5.17. The number of alkyl halides is 3. The third-order valence-electron chi connectivity index (χ3n) is 2.99. The molecule has 2 atom stereocenters. The van der Waals surface area contributed by atoms with Crippen LogP contribution in [0.5, 0.6) is 0 Å². The first-order valence-corrected chi connectivity index (χ1v) is 6.03. The number of hydrogen-bond donors (Lipinski definition) is 1. The Kier molecular flexibility index (Phi) is 2.47. The molecule has 0 aliphatic carbocycles. The maximum atomic E-state index is 12.2. The van der Waals surface area contributed by atoms with Crippen molar-refractivity contribution in [1.29, 1.82) is 0 Å². The van der Waals surface area contributed by atoms with Gasteiger partial charge in [-0.1, -0.05) is 0 Å². The predicted molar refractivity (Wildman–Crippen MR) is 46.4 cm³/mol. The molecule has 0 radical (unpaired) electrons. The number of nitrogens with one attached hydrogen (secondary N) is 1. The van der Waals surface area contributed by atoms with Crippen LogP contribution in [-0.4, -0.2) is 44.4 Å². The summed E-state index contributed by atoms with van der Waals surface area (Å²) >= 11 is 0. The van der Waals surface area contributed by atoms with Crippen LogP contribution in [0.15, 0.2) is 0 Å². The largest absolute Gasteiger partial charge is 0.511 e. The van der Waals surface area contributed by atoms with Crippen LogP contribution in [0.2, 0.25) is 0 Å². The molecule has 2 saturated heterocycles. The van der Waals surface area contributed by atoms with E-state index in [1.54, 1.807) is 0 Å². The maximum absolute atomic E-state index is 12.2. The highest BCUT2D eigenvalue weighted by atomic mass is 32.2. The fourth-order valence-electron chi connectivity index (χ4n) is 2.15. The molecule has 2 aliphatic heterocycles. The van der Waals surface area contributed by atoms with Gasteiger partial charge in [-0.15, -0.1) is 0 Å². The summed E-state index contributed by atoms with van der Waals surface area (Å²) in [5.74, 6) is 0.0595. The van der Waals surface area contributed by atoms with Crippen LogP contribution < -0.4 is 5.32 Å². The van der Waals surface area contributed by atoms with Crippen molar-refractivity contribution in [1.82, 2.24) is 9.62 Å².